The quantitative estimate of drug-likeness (QED) is 0.0222. The van der Waals surface area contributed by atoms with Gasteiger partial charge in [-0.05, 0) is 31.6 Å². The molecule has 0 bridgehead atoms. The van der Waals surface area contributed by atoms with E-state index in [9.17, 15) is 43.2 Å². The second-order valence-corrected chi connectivity index (χ2v) is 30.1. The van der Waals surface area contributed by atoms with Crippen LogP contribution in [-0.4, -0.2) is 96.7 Å². The van der Waals surface area contributed by atoms with Crippen molar-refractivity contribution in [1.82, 2.24) is 0 Å². The highest BCUT2D eigenvalue weighted by molar-refractivity contribution is 7.47. The van der Waals surface area contributed by atoms with E-state index < -0.39 is 97.5 Å². The molecule has 17 nitrogen and oxygen atoms in total. The maximum atomic E-state index is 13.1. The van der Waals surface area contributed by atoms with Gasteiger partial charge in [0.05, 0.1) is 26.4 Å². The van der Waals surface area contributed by atoms with Gasteiger partial charge in [0.2, 0.25) is 0 Å². The number of aliphatic hydroxyl groups is 1. The molecule has 0 saturated carbocycles. The molecule has 0 aromatic rings. The number of hydrogen-bond donors (Lipinski definition) is 3. The van der Waals surface area contributed by atoms with Crippen molar-refractivity contribution < 1.29 is 80.2 Å². The maximum absolute atomic E-state index is 13.1. The molecule has 2 unspecified atom stereocenters. The summed E-state index contributed by atoms with van der Waals surface area (Å²) in [4.78, 5) is 72.4. The van der Waals surface area contributed by atoms with Gasteiger partial charge in [0.25, 0.3) is 0 Å². The van der Waals surface area contributed by atoms with E-state index in [1.165, 1.54) is 205 Å². The predicted octanol–water partition coefficient (Wildman–Crippen LogP) is 21.7. The lowest BCUT2D eigenvalue weighted by Crippen LogP contribution is -2.30. The van der Waals surface area contributed by atoms with E-state index in [0.717, 1.165) is 102 Å². The highest BCUT2D eigenvalue weighted by Gasteiger charge is 2.30. The average Bonchev–Trinajstić information content (AvgIpc) is 1.76. The molecule has 0 amide bonds. The summed E-state index contributed by atoms with van der Waals surface area (Å²) in [6.45, 7) is 7.22. The van der Waals surface area contributed by atoms with Gasteiger partial charge in [-0.1, -0.05) is 336 Å². The number of unbranched alkanes of at least 4 members (excludes halogenated alkanes) is 46. The van der Waals surface area contributed by atoms with Gasteiger partial charge in [0.15, 0.2) is 12.2 Å². The average molecular weight is 1370 g/mol. The van der Waals surface area contributed by atoms with Gasteiger partial charge < -0.3 is 33.8 Å². The maximum Gasteiger partial charge on any atom is 0.472 e. The Kier molecular flexibility index (Phi) is 65.9. The lowest BCUT2D eigenvalue weighted by atomic mass is 10.0. The summed E-state index contributed by atoms with van der Waals surface area (Å²) in [6, 6.07) is 0. The van der Waals surface area contributed by atoms with Crippen molar-refractivity contribution in [3.63, 3.8) is 0 Å². The molecule has 0 aromatic heterocycles. The third-order valence-electron chi connectivity index (χ3n) is 17.3. The van der Waals surface area contributed by atoms with Crippen LogP contribution in [0.1, 0.15) is 388 Å². The molecule has 0 aromatic carbocycles. The fraction of sp³-hybridized carbons (Fsp3) is 0.946. The van der Waals surface area contributed by atoms with Crippen LogP contribution in [0, 0.1) is 5.92 Å². The summed E-state index contributed by atoms with van der Waals surface area (Å²) >= 11 is 0. The summed E-state index contributed by atoms with van der Waals surface area (Å²) in [5.74, 6) is -1.32. The second kappa shape index (κ2) is 67.3. The van der Waals surface area contributed by atoms with Crippen molar-refractivity contribution in [1.29, 1.82) is 0 Å². The molecule has 552 valence electrons. The first-order chi connectivity index (χ1) is 45.0. The number of carbonyl (C=O) groups is 4. The molecule has 0 radical (unpaired) electrons. The molecule has 0 fully saturated rings. The number of aliphatic hydroxyl groups excluding tert-OH is 1. The van der Waals surface area contributed by atoms with Crippen LogP contribution in [0.2, 0.25) is 0 Å². The van der Waals surface area contributed by atoms with E-state index in [1.54, 1.807) is 0 Å². The summed E-state index contributed by atoms with van der Waals surface area (Å²) in [7, 11) is -9.90. The van der Waals surface area contributed by atoms with E-state index in [4.69, 9.17) is 37.0 Å². The molecule has 0 aliphatic carbocycles. The van der Waals surface area contributed by atoms with Crippen molar-refractivity contribution in [3.05, 3.63) is 0 Å². The molecule has 19 heteroatoms. The zero-order chi connectivity index (χ0) is 68.4. The number of ether oxygens (including phenoxy) is 4. The second-order valence-electron chi connectivity index (χ2n) is 27.2. The van der Waals surface area contributed by atoms with Crippen LogP contribution < -0.4 is 0 Å². The first-order valence-electron chi connectivity index (χ1n) is 38.6. The molecular formula is C74H144O17P2. The Morgan fingerprint density at radius 1 is 0.290 bits per heavy atom. The molecule has 5 atom stereocenters. The Morgan fingerprint density at radius 2 is 0.495 bits per heavy atom. The van der Waals surface area contributed by atoms with Gasteiger partial charge in [0.1, 0.15) is 19.3 Å². The summed E-state index contributed by atoms with van der Waals surface area (Å²) < 4.78 is 68.2. The van der Waals surface area contributed by atoms with Crippen molar-refractivity contribution in [2.75, 3.05) is 39.6 Å². The van der Waals surface area contributed by atoms with Gasteiger partial charge in [-0.15, -0.1) is 0 Å². The van der Waals surface area contributed by atoms with Crippen LogP contribution in [0.4, 0.5) is 0 Å². The minimum absolute atomic E-state index is 0.107. The Balaban J connectivity index is 5.14. The summed E-state index contributed by atoms with van der Waals surface area (Å²) in [5.41, 5.74) is 0. The van der Waals surface area contributed by atoms with Gasteiger partial charge in [0, 0.05) is 25.7 Å². The molecular weight excluding hydrogens is 1220 g/mol. The first kappa shape index (κ1) is 91.1. The number of phosphoric acid groups is 2. The van der Waals surface area contributed by atoms with Crippen molar-refractivity contribution in [2.24, 2.45) is 5.92 Å². The SMILES string of the molecule is CCCCCCCCCCCCCCCCCCCCC(=O)OC[C@H](COP(=O)(O)OC[C@@H](O)COP(=O)(O)OC[C@@H](COC(=O)CCCCCCC)OC(=O)CCCCCCCCCCCCCC)OC(=O)CCCCCCCCCCCCCCCCCC(C)C. The van der Waals surface area contributed by atoms with Crippen LogP contribution in [-0.2, 0) is 65.4 Å². The Hall–Kier alpha value is -1.94. The van der Waals surface area contributed by atoms with E-state index >= 15 is 0 Å². The normalized spacial score (nSPS) is 14.0. The lowest BCUT2D eigenvalue weighted by Gasteiger charge is -2.21. The Bertz CT molecular complexity index is 1790. The summed E-state index contributed by atoms with van der Waals surface area (Å²) in [5, 5.41) is 10.6. The number of esters is 4. The van der Waals surface area contributed by atoms with Gasteiger partial charge in [-0.25, -0.2) is 9.13 Å². The van der Waals surface area contributed by atoms with Crippen LogP contribution in [0.15, 0.2) is 0 Å². The van der Waals surface area contributed by atoms with E-state index in [2.05, 4.69) is 34.6 Å². The van der Waals surface area contributed by atoms with Gasteiger partial charge >= 0.3 is 39.5 Å². The van der Waals surface area contributed by atoms with Crippen LogP contribution in [0.5, 0.6) is 0 Å². The van der Waals surface area contributed by atoms with Crippen LogP contribution in [0.25, 0.3) is 0 Å². The number of rotatable bonds is 74. The van der Waals surface area contributed by atoms with Crippen molar-refractivity contribution >= 4 is 39.5 Å². The molecule has 0 rings (SSSR count). The lowest BCUT2D eigenvalue weighted by molar-refractivity contribution is -0.161. The zero-order valence-corrected chi connectivity index (χ0v) is 62.2. The molecule has 0 heterocycles. The third kappa shape index (κ3) is 68.4. The fourth-order valence-electron chi connectivity index (χ4n) is 11.4. The summed E-state index contributed by atoms with van der Waals surface area (Å²) in [6.07, 6.45) is 55.9. The van der Waals surface area contributed by atoms with E-state index in [1.807, 2.05) is 0 Å². The van der Waals surface area contributed by atoms with E-state index in [0.29, 0.717) is 25.7 Å². The highest BCUT2D eigenvalue weighted by Crippen LogP contribution is 2.45. The van der Waals surface area contributed by atoms with Gasteiger partial charge in [-0.2, -0.15) is 0 Å². The van der Waals surface area contributed by atoms with Crippen LogP contribution in [0.3, 0.4) is 0 Å². The standard InChI is InChI=1S/C74H144O17P2/c1-6-9-12-15-17-19-21-23-24-25-26-29-32-36-39-43-48-53-58-72(77)85-64-70(91-74(79)60-55-50-45-41-37-33-30-27-28-31-34-38-42-47-51-56-67(4)5)66-89-93(82,83)87-62-68(75)61-86-92(80,81)88-65-69(63-84-71(76)57-52-46-14-11-8-3)90-73(78)59-54-49-44-40-35-22-20-18-16-13-10-7-2/h67-70,75H,6-66H2,1-5H3,(H,80,81)(H,82,83)/t68-,69+,70+/m0/s1. The highest BCUT2D eigenvalue weighted by atomic mass is 31.2. The molecule has 0 aliphatic rings. The molecule has 0 saturated heterocycles. The van der Waals surface area contributed by atoms with E-state index in [-0.39, 0.29) is 25.7 Å². The van der Waals surface area contributed by atoms with Crippen LogP contribution >= 0.6 is 15.6 Å². The molecule has 93 heavy (non-hydrogen) atoms. The predicted molar refractivity (Wildman–Crippen MR) is 377 cm³/mol. The fourth-order valence-corrected chi connectivity index (χ4v) is 12.9. The Labute approximate surface area is 568 Å². The number of carbonyl (C=O) groups excluding carboxylic acids is 4. The molecule has 0 aliphatic heterocycles. The zero-order valence-electron chi connectivity index (χ0n) is 60.4. The largest absolute Gasteiger partial charge is 0.472 e. The first-order valence-corrected chi connectivity index (χ1v) is 41.6. The minimum Gasteiger partial charge on any atom is -0.462 e. The minimum atomic E-state index is -4.95. The topological polar surface area (TPSA) is 237 Å². The monoisotopic (exact) mass is 1370 g/mol. The van der Waals surface area contributed by atoms with Gasteiger partial charge in [-0.3, -0.25) is 37.3 Å². The number of hydrogen-bond acceptors (Lipinski definition) is 15. The molecule has 0 spiro atoms. The molecule has 3 N–H and O–H groups in total. The Morgan fingerprint density at radius 3 is 0.731 bits per heavy atom. The van der Waals surface area contributed by atoms with Crippen molar-refractivity contribution in [2.45, 2.75) is 406 Å². The van der Waals surface area contributed by atoms with Crippen molar-refractivity contribution in [3.8, 4) is 0 Å². The smallest absolute Gasteiger partial charge is 0.462 e. The number of phosphoric ester groups is 2. The third-order valence-corrected chi connectivity index (χ3v) is 19.2.